The molecule has 0 aliphatic carbocycles. The highest BCUT2D eigenvalue weighted by Crippen LogP contribution is 2.25. The molecule has 0 radical (unpaired) electrons. The minimum atomic E-state index is -0.0211. The Kier molecular flexibility index (Phi) is 7.45. The van der Waals surface area contributed by atoms with E-state index in [-0.39, 0.29) is 5.60 Å². The van der Waals surface area contributed by atoms with Crippen LogP contribution in [0.1, 0.15) is 66.4 Å². The molecule has 1 aromatic rings. The lowest BCUT2D eigenvalue weighted by Gasteiger charge is -2.33. The highest BCUT2D eigenvalue weighted by atomic mass is 16.5. The summed E-state index contributed by atoms with van der Waals surface area (Å²) in [5.41, 5.74) is 1.43. The van der Waals surface area contributed by atoms with E-state index in [2.05, 4.69) is 71.9 Å². The van der Waals surface area contributed by atoms with Crippen molar-refractivity contribution in [3.05, 3.63) is 35.9 Å². The molecule has 0 spiro atoms. The lowest BCUT2D eigenvalue weighted by molar-refractivity contribution is -0.0943. The maximum atomic E-state index is 6.21. The van der Waals surface area contributed by atoms with Gasteiger partial charge in [0.25, 0.3) is 0 Å². The first-order valence-corrected chi connectivity index (χ1v) is 8.53. The van der Waals surface area contributed by atoms with Gasteiger partial charge in [0.05, 0.1) is 11.7 Å². The van der Waals surface area contributed by atoms with Crippen molar-refractivity contribution in [2.75, 3.05) is 0 Å². The van der Waals surface area contributed by atoms with Crippen molar-refractivity contribution < 1.29 is 4.74 Å². The van der Waals surface area contributed by atoms with Gasteiger partial charge in [0.1, 0.15) is 0 Å². The van der Waals surface area contributed by atoms with E-state index in [4.69, 9.17) is 4.74 Å². The predicted octanol–water partition coefficient (Wildman–Crippen LogP) is 5.88. The SMILES string of the molecule is CC(CCc1ccccc1)CCC(C)OC(C)(C)C(C)C. The summed E-state index contributed by atoms with van der Waals surface area (Å²) >= 11 is 0. The van der Waals surface area contributed by atoms with Gasteiger partial charge in [0.15, 0.2) is 0 Å². The highest BCUT2D eigenvalue weighted by Gasteiger charge is 2.25. The summed E-state index contributed by atoms with van der Waals surface area (Å²) in [5.74, 6) is 1.31. The van der Waals surface area contributed by atoms with Crippen LogP contribution < -0.4 is 0 Å². The molecule has 1 heteroatoms. The van der Waals surface area contributed by atoms with E-state index in [1.54, 1.807) is 0 Å². The zero-order chi connectivity index (χ0) is 15.9. The molecule has 1 aromatic carbocycles. The minimum Gasteiger partial charge on any atom is -0.372 e. The van der Waals surface area contributed by atoms with Crippen LogP contribution in [0.15, 0.2) is 30.3 Å². The minimum absolute atomic E-state index is 0.0211. The van der Waals surface area contributed by atoms with Crippen LogP contribution >= 0.6 is 0 Å². The quantitative estimate of drug-likeness (QED) is 0.552. The van der Waals surface area contributed by atoms with Crippen molar-refractivity contribution in [3.8, 4) is 0 Å². The van der Waals surface area contributed by atoms with Crippen molar-refractivity contribution in [2.24, 2.45) is 11.8 Å². The molecule has 0 aromatic heterocycles. The topological polar surface area (TPSA) is 9.23 Å². The summed E-state index contributed by atoms with van der Waals surface area (Å²) < 4.78 is 6.21. The molecule has 120 valence electrons. The van der Waals surface area contributed by atoms with Crippen molar-refractivity contribution in [2.45, 2.75) is 78.9 Å². The van der Waals surface area contributed by atoms with Gasteiger partial charge in [-0.15, -0.1) is 0 Å². The second kappa shape index (κ2) is 8.58. The first-order valence-electron chi connectivity index (χ1n) is 8.53. The van der Waals surface area contributed by atoms with Gasteiger partial charge in [-0.1, -0.05) is 51.1 Å². The number of rotatable bonds is 9. The number of aryl methyl sites for hydroxylation is 1. The summed E-state index contributed by atoms with van der Waals surface area (Å²) in [7, 11) is 0. The van der Waals surface area contributed by atoms with Crippen molar-refractivity contribution >= 4 is 0 Å². The Balaban J connectivity index is 2.25. The average molecular weight is 290 g/mol. The molecule has 2 unspecified atom stereocenters. The van der Waals surface area contributed by atoms with Crippen molar-refractivity contribution in [3.63, 3.8) is 0 Å². The van der Waals surface area contributed by atoms with E-state index in [9.17, 15) is 0 Å². The van der Waals surface area contributed by atoms with Crippen LogP contribution in [-0.4, -0.2) is 11.7 Å². The van der Waals surface area contributed by atoms with E-state index in [1.165, 1.54) is 24.8 Å². The van der Waals surface area contributed by atoms with Crippen LogP contribution in [0.25, 0.3) is 0 Å². The van der Waals surface area contributed by atoms with Gasteiger partial charge in [0.2, 0.25) is 0 Å². The van der Waals surface area contributed by atoms with Crippen LogP contribution in [0.2, 0.25) is 0 Å². The van der Waals surface area contributed by atoms with E-state index in [0.717, 1.165) is 12.3 Å². The number of hydrogen-bond donors (Lipinski definition) is 0. The van der Waals surface area contributed by atoms with Crippen molar-refractivity contribution in [1.82, 2.24) is 0 Å². The third kappa shape index (κ3) is 7.13. The Morgan fingerprint density at radius 3 is 2.10 bits per heavy atom. The third-order valence-corrected chi connectivity index (χ3v) is 4.73. The van der Waals surface area contributed by atoms with E-state index in [0.29, 0.717) is 12.0 Å². The molecule has 2 atom stereocenters. The highest BCUT2D eigenvalue weighted by molar-refractivity contribution is 5.14. The molecule has 0 heterocycles. The maximum absolute atomic E-state index is 6.21. The fourth-order valence-corrected chi connectivity index (χ4v) is 2.43. The third-order valence-electron chi connectivity index (χ3n) is 4.73. The van der Waals surface area contributed by atoms with Crippen LogP contribution in [0.3, 0.4) is 0 Å². The molecular formula is C20H34O. The van der Waals surface area contributed by atoms with Gasteiger partial charge >= 0.3 is 0 Å². The first kappa shape index (κ1) is 18.2. The smallest absolute Gasteiger partial charge is 0.0652 e. The summed E-state index contributed by atoms with van der Waals surface area (Å²) in [5, 5.41) is 0. The van der Waals surface area contributed by atoms with Gasteiger partial charge in [-0.2, -0.15) is 0 Å². The maximum Gasteiger partial charge on any atom is 0.0652 e. The number of benzene rings is 1. The molecule has 0 amide bonds. The molecule has 0 fully saturated rings. The summed E-state index contributed by atoms with van der Waals surface area (Å²) in [6.07, 6.45) is 5.22. The van der Waals surface area contributed by atoms with Gasteiger partial charge in [-0.3, -0.25) is 0 Å². The molecule has 0 aliphatic heterocycles. The summed E-state index contributed by atoms with van der Waals surface area (Å²) in [4.78, 5) is 0. The largest absolute Gasteiger partial charge is 0.372 e. The van der Waals surface area contributed by atoms with Gasteiger partial charge in [-0.05, 0) is 63.9 Å². The van der Waals surface area contributed by atoms with Gasteiger partial charge in [-0.25, -0.2) is 0 Å². The Bertz CT molecular complexity index is 380. The second-order valence-corrected chi connectivity index (χ2v) is 7.39. The van der Waals surface area contributed by atoms with Gasteiger partial charge in [0, 0.05) is 0 Å². The molecule has 1 rings (SSSR count). The van der Waals surface area contributed by atoms with Gasteiger partial charge < -0.3 is 4.74 Å². The monoisotopic (exact) mass is 290 g/mol. The zero-order valence-electron chi connectivity index (χ0n) is 14.9. The summed E-state index contributed by atoms with van der Waals surface area (Å²) in [6.45, 7) is 13.4. The molecule has 1 nitrogen and oxygen atoms in total. The molecule has 0 saturated heterocycles. The van der Waals surface area contributed by atoms with Crippen LogP contribution in [0.5, 0.6) is 0 Å². The Hall–Kier alpha value is -0.820. The first-order chi connectivity index (χ1) is 9.81. The van der Waals surface area contributed by atoms with E-state index >= 15 is 0 Å². The van der Waals surface area contributed by atoms with E-state index < -0.39 is 0 Å². The lowest BCUT2D eigenvalue weighted by atomic mass is 9.93. The number of ether oxygens (including phenoxy) is 1. The second-order valence-electron chi connectivity index (χ2n) is 7.39. The van der Waals surface area contributed by atoms with Crippen LogP contribution in [-0.2, 0) is 11.2 Å². The Morgan fingerprint density at radius 1 is 0.905 bits per heavy atom. The molecule has 0 aliphatic rings. The molecule has 0 N–H and O–H groups in total. The average Bonchev–Trinajstić information content (AvgIpc) is 2.43. The summed E-state index contributed by atoms with van der Waals surface area (Å²) in [6, 6.07) is 10.8. The zero-order valence-corrected chi connectivity index (χ0v) is 14.9. The van der Waals surface area contributed by atoms with Crippen molar-refractivity contribution in [1.29, 1.82) is 0 Å². The molecule has 0 bridgehead atoms. The Morgan fingerprint density at radius 2 is 1.52 bits per heavy atom. The standard InChI is InChI=1S/C20H34O/c1-16(2)20(5,6)21-18(4)14-12-17(3)13-15-19-10-8-7-9-11-19/h7-11,16-18H,12-15H2,1-6H3. The fraction of sp³-hybridized carbons (Fsp3) is 0.700. The number of hydrogen-bond acceptors (Lipinski definition) is 1. The Labute approximate surface area is 132 Å². The van der Waals surface area contributed by atoms with Crippen LogP contribution in [0.4, 0.5) is 0 Å². The normalized spacial score (nSPS) is 15.2. The molecule has 21 heavy (non-hydrogen) atoms. The van der Waals surface area contributed by atoms with Crippen LogP contribution in [0, 0.1) is 11.8 Å². The molecular weight excluding hydrogens is 256 g/mol. The van der Waals surface area contributed by atoms with E-state index in [1.807, 2.05) is 0 Å². The molecule has 0 saturated carbocycles. The fourth-order valence-electron chi connectivity index (χ4n) is 2.43. The predicted molar refractivity (Wildman–Crippen MR) is 92.6 cm³/mol. The lowest BCUT2D eigenvalue weighted by Crippen LogP contribution is -2.34.